The van der Waals surface area contributed by atoms with E-state index in [-0.39, 0.29) is 5.41 Å². The molecule has 0 spiro atoms. The standard InChI is InChI=1S/C16H19BrN2O/c1-16(8-3-2-4-9-16)14-13(15(18)19-20-14)11-6-5-7-12(17)10-11/h5-7,10H,2-4,8-9H2,1H3,(H2,18,19). The van der Waals surface area contributed by atoms with Crippen LogP contribution in [0.5, 0.6) is 0 Å². The Balaban J connectivity index is 2.10. The van der Waals surface area contributed by atoms with Gasteiger partial charge >= 0.3 is 0 Å². The quantitative estimate of drug-likeness (QED) is 0.848. The largest absolute Gasteiger partial charge is 0.380 e. The van der Waals surface area contributed by atoms with Gasteiger partial charge in [0.1, 0.15) is 0 Å². The minimum atomic E-state index is 0.0561. The second-order valence-electron chi connectivity index (χ2n) is 5.90. The van der Waals surface area contributed by atoms with Crippen LogP contribution in [0.2, 0.25) is 0 Å². The summed E-state index contributed by atoms with van der Waals surface area (Å²) in [5, 5.41) is 4.03. The Labute approximate surface area is 127 Å². The van der Waals surface area contributed by atoms with Crippen molar-refractivity contribution in [3.8, 4) is 11.1 Å². The van der Waals surface area contributed by atoms with E-state index in [1.165, 1.54) is 19.3 Å². The first kappa shape index (κ1) is 13.7. The lowest BCUT2D eigenvalue weighted by Gasteiger charge is -2.31. The van der Waals surface area contributed by atoms with Crippen LogP contribution in [0.1, 0.15) is 44.8 Å². The van der Waals surface area contributed by atoms with Crippen molar-refractivity contribution in [1.82, 2.24) is 5.16 Å². The molecule has 2 aromatic rings. The molecule has 0 saturated heterocycles. The zero-order valence-electron chi connectivity index (χ0n) is 11.7. The molecule has 1 saturated carbocycles. The first-order chi connectivity index (χ1) is 9.60. The first-order valence-electron chi connectivity index (χ1n) is 7.12. The van der Waals surface area contributed by atoms with E-state index >= 15 is 0 Å². The number of hydrogen-bond donors (Lipinski definition) is 1. The van der Waals surface area contributed by atoms with Gasteiger partial charge in [-0.05, 0) is 30.5 Å². The zero-order valence-corrected chi connectivity index (χ0v) is 13.2. The summed E-state index contributed by atoms with van der Waals surface area (Å²) in [5.74, 6) is 1.44. The number of halogens is 1. The highest BCUT2D eigenvalue weighted by Gasteiger charge is 2.36. The van der Waals surface area contributed by atoms with E-state index in [0.29, 0.717) is 5.82 Å². The van der Waals surface area contributed by atoms with Crippen molar-refractivity contribution in [3.05, 3.63) is 34.5 Å². The Morgan fingerprint density at radius 2 is 2.00 bits per heavy atom. The molecule has 0 radical (unpaired) electrons. The van der Waals surface area contributed by atoms with Gasteiger partial charge in [0.25, 0.3) is 0 Å². The lowest BCUT2D eigenvalue weighted by Crippen LogP contribution is -2.25. The molecule has 1 aliphatic carbocycles. The summed E-state index contributed by atoms with van der Waals surface area (Å²) in [7, 11) is 0. The molecule has 0 unspecified atom stereocenters. The normalized spacial score (nSPS) is 18.1. The maximum Gasteiger partial charge on any atom is 0.175 e. The Hall–Kier alpha value is -1.29. The molecule has 1 aromatic heterocycles. The van der Waals surface area contributed by atoms with Gasteiger partial charge in [-0.25, -0.2) is 0 Å². The van der Waals surface area contributed by atoms with E-state index < -0.39 is 0 Å². The zero-order chi connectivity index (χ0) is 14.2. The van der Waals surface area contributed by atoms with E-state index in [1.807, 2.05) is 12.1 Å². The Kier molecular flexibility index (Phi) is 3.59. The van der Waals surface area contributed by atoms with Crippen LogP contribution in [-0.2, 0) is 5.41 Å². The third-order valence-corrected chi connectivity index (χ3v) is 4.83. The third kappa shape index (κ3) is 2.37. The average Bonchev–Trinajstić information content (AvgIpc) is 2.82. The van der Waals surface area contributed by atoms with Crippen LogP contribution in [0, 0.1) is 0 Å². The summed E-state index contributed by atoms with van der Waals surface area (Å²) in [4.78, 5) is 0. The molecule has 0 amide bonds. The van der Waals surface area contributed by atoms with Gasteiger partial charge in [0, 0.05) is 9.89 Å². The van der Waals surface area contributed by atoms with Crippen molar-refractivity contribution < 1.29 is 4.52 Å². The summed E-state index contributed by atoms with van der Waals surface area (Å²) in [5.41, 5.74) is 8.16. The molecule has 3 rings (SSSR count). The minimum Gasteiger partial charge on any atom is -0.380 e. The van der Waals surface area contributed by atoms with Crippen LogP contribution < -0.4 is 5.73 Å². The van der Waals surface area contributed by atoms with Gasteiger partial charge in [-0.3, -0.25) is 0 Å². The van der Waals surface area contributed by atoms with E-state index in [2.05, 4.69) is 40.1 Å². The third-order valence-electron chi connectivity index (χ3n) is 4.34. The molecule has 3 nitrogen and oxygen atoms in total. The number of anilines is 1. The highest BCUT2D eigenvalue weighted by atomic mass is 79.9. The summed E-state index contributed by atoms with van der Waals surface area (Å²) < 4.78 is 6.68. The fraction of sp³-hybridized carbons (Fsp3) is 0.438. The molecule has 1 heterocycles. The molecular formula is C16H19BrN2O. The molecule has 1 aliphatic rings. The van der Waals surface area contributed by atoms with E-state index in [0.717, 1.165) is 34.2 Å². The van der Waals surface area contributed by atoms with Crippen LogP contribution in [0.25, 0.3) is 11.1 Å². The molecule has 4 heteroatoms. The molecule has 1 fully saturated rings. The lowest BCUT2D eigenvalue weighted by atomic mass is 9.72. The first-order valence-corrected chi connectivity index (χ1v) is 7.91. The van der Waals surface area contributed by atoms with Crippen molar-refractivity contribution in [2.75, 3.05) is 5.73 Å². The van der Waals surface area contributed by atoms with Crippen molar-refractivity contribution >= 4 is 21.7 Å². The molecule has 106 valence electrons. The van der Waals surface area contributed by atoms with Crippen molar-refractivity contribution in [2.45, 2.75) is 44.4 Å². The van der Waals surface area contributed by atoms with E-state index in [4.69, 9.17) is 10.3 Å². The van der Waals surface area contributed by atoms with Gasteiger partial charge in [0.05, 0.1) is 5.56 Å². The monoisotopic (exact) mass is 334 g/mol. The van der Waals surface area contributed by atoms with Crippen LogP contribution in [-0.4, -0.2) is 5.16 Å². The second kappa shape index (κ2) is 5.24. The average molecular weight is 335 g/mol. The SMILES string of the molecule is CC1(c2onc(N)c2-c2cccc(Br)c2)CCCCC1. The fourth-order valence-electron chi connectivity index (χ4n) is 3.20. The molecular weight excluding hydrogens is 316 g/mol. The molecule has 0 aliphatic heterocycles. The lowest BCUT2D eigenvalue weighted by molar-refractivity contribution is 0.242. The maximum atomic E-state index is 6.07. The number of rotatable bonds is 2. The summed E-state index contributed by atoms with van der Waals surface area (Å²) >= 11 is 3.51. The van der Waals surface area contributed by atoms with Crippen molar-refractivity contribution in [2.24, 2.45) is 0 Å². The highest BCUT2D eigenvalue weighted by molar-refractivity contribution is 9.10. The molecule has 20 heavy (non-hydrogen) atoms. The fourth-order valence-corrected chi connectivity index (χ4v) is 3.60. The Morgan fingerprint density at radius 3 is 2.70 bits per heavy atom. The van der Waals surface area contributed by atoms with Crippen molar-refractivity contribution in [1.29, 1.82) is 0 Å². The summed E-state index contributed by atoms with van der Waals surface area (Å²) in [6.07, 6.45) is 6.08. The molecule has 2 N–H and O–H groups in total. The Morgan fingerprint density at radius 1 is 1.25 bits per heavy atom. The second-order valence-corrected chi connectivity index (χ2v) is 6.82. The number of nitrogens with zero attached hydrogens (tertiary/aromatic N) is 1. The van der Waals surface area contributed by atoms with Crippen molar-refractivity contribution in [3.63, 3.8) is 0 Å². The van der Waals surface area contributed by atoms with Crippen LogP contribution in [0.4, 0.5) is 5.82 Å². The maximum absolute atomic E-state index is 6.07. The number of aromatic nitrogens is 1. The smallest absolute Gasteiger partial charge is 0.175 e. The van der Waals surface area contributed by atoms with Crippen LogP contribution in [0.15, 0.2) is 33.3 Å². The molecule has 0 bridgehead atoms. The van der Waals surface area contributed by atoms with Gasteiger partial charge in [0.2, 0.25) is 0 Å². The molecule has 0 atom stereocenters. The number of nitrogen functional groups attached to an aromatic ring is 1. The minimum absolute atomic E-state index is 0.0561. The van der Waals surface area contributed by atoms with Gasteiger partial charge in [-0.1, -0.05) is 59.4 Å². The molecule has 1 aromatic carbocycles. The predicted octanol–water partition coefficient (Wildman–Crippen LogP) is 4.91. The van der Waals surface area contributed by atoms with Gasteiger partial charge in [-0.2, -0.15) is 0 Å². The van der Waals surface area contributed by atoms with Gasteiger partial charge in [0.15, 0.2) is 11.6 Å². The number of nitrogens with two attached hydrogens (primary N) is 1. The number of hydrogen-bond acceptors (Lipinski definition) is 3. The van der Waals surface area contributed by atoms with Gasteiger partial charge < -0.3 is 10.3 Å². The highest BCUT2D eigenvalue weighted by Crippen LogP contribution is 2.45. The Bertz CT molecular complexity index is 615. The topological polar surface area (TPSA) is 52.0 Å². The van der Waals surface area contributed by atoms with E-state index in [9.17, 15) is 0 Å². The summed E-state index contributed by atoms with van der Waals surface area (Å²) in [6, 6.07) is 8.15. The number of benzene rings is 1. The summed E-state index contributed by atoms with van der Waals surface area (Å²) in [6.45, 7) is 2.27. The van der Waals surface area contributed by atoms with Crippen LogP contribution in [0.3, 0.4) is 0 Å². The van der Waals surface area contributed by atoms with Crippen LogP contribution >= 0.6 is 15.9 Å². The van der Waals surface area contributed by atoms with E-state index in [1.54, 1.807) is 0 Å². The predicted molar refractivity (Wildman–Crippen MR) is 84.5 cm³/mol. The van der Waals surface area contributed by atoms with Gasteiger partial charge in [-0.15, -0.1) is 0 Å².